The van der Waals surface area contributed by atoms with Crippen molar-refractivity contribution in [3.8, 4) is 0 Å². The monoisotopic (exact) mass is 2200 g/mol. The summed E-state index contributed by atoms with van der Waals surface area (Å²) >= 11 is 33.8. The van der Waals surface area contributed by atoms with Gasteiger partial charge in [-0.1, -0.05) is 232 Å². The van der Waals surface area contributed by atoms with Crippen LogP contribution in [0.3, 0.4) is 0 Å². The third-order valence-electron chi connectivity index (χ3n) is 26.4. The molecule has 2 aliphatic carbocycles. The Bertz CT molecular complexity index is 5650. The van der Waals surface area contributed by atoms with Gasteiger partial charge >= 0.3 is 35.9 Å². The van der Waals surface area contributed by atoms with Gasteiger partial charge in [-0.25, -0.2) is 25.2 Å². The van der Waals surface area contributed by atoms with E-state index in [4.69, 9.17) is 112 Å². The quantitative estimate of drug-likeness (QED) is 0.00344. The summed E-state index contributed by atoms with van der Waals surface area (Å²) in [7, 11) is -3.91. The number of alkyl carbamates (subject to hydrolysis) is 1. The number of carbonyl (C=O) groups is 11. The number of carbonyl (C=O) groups excluding carboxylic acids is 11. The van der Waals surface area contributed by atoms with Crippen molar-refractivity contribution in [2.75, 3.05) is 26.3 Å². The molecule has 0 radical (unpaired) electrons. The number of fused-ring (bicyclic) bond motifs is 2. The lowest BCUT2D eigenvalue weighted by Gasteiger charge is -2.43. The number of hydrazine groups is 2. The number of nitro benzene ring substituents is 2. The maximum atomic E-state index is 14.5. The first-order valence-corrected chi connectivity index (χ1v) is 57.2. The number of nitro groups is 2. The van der Waals surface area contributed by atoms with Gasteiger partial charge in [-0.05, 0) is 239 Å². The second kappa shape index (κ2) is 53.2. The van der Waals surface area contributed by atoms with E-state index in [9.17, 15) is 78.1 Å². The van der Waals surface area contributed by atoms with Crippen molar-refractivity contribution in [3.63, 3.8) is 0 Å². The molecule has 10 rings (SSSR count). The van der Waals surface area contributed by atoms with Crippen LogP contribution < -0.4 is 26.8 Å². The molecule has 6 N–H and O–H groups in total. The van der Waals surface area contributed by atoms with Crippen molar-refractivity contribution in [3.05, 3.63) is 174 Å². The molecule has 2 saturated carbocycles. The summed E-state index contributed by atoms with van der Waals surface area (Å²) in [5.74, 6) is -6.80. The number of amides is 5. The number of aliphatic hydroxyl groups is 1. The Balaban J connectivity index is 0.000000282. The number of hydrogen-bond donors (Lipinski definition) is 6. The lowest BCUT2D eigenvalue weighted by atomic mass is 9.72. The van der Waals surface area contributed by atoms with Crippen molar-refractivity contribution in [1.29, 1.82) is 0 Å². The Morgan fingerprint density at radius 3 is 1.35 bits per heavy atom. The van der Waals surface area contributed by atoms with Crippen molar-refractivity contribution < 1.29 is 105 Å². The first-order chi connectivity index (χ1) is 68.1. The van der Waals surface area contributed by atoms with Gasteiger partial charge in [0.15, 0.2) is 22.7 Å². The van der Waals surface area contributed by atoms with Gasteiger partial charge in [-0.3, -0.25) is 78.6 Å². The summed E-state index contributed by atoms with van der Waals surface area (Å²) in [6.07, 6.45) is 12.7. The van der Waals surface area contributed by atoms with Crippen LogP contribution in [0.25, 0.3) is 34.0 Å². The van der Waals surface area contributed by atoms with Gasteiger partial charge in [0.1, 0.15) is 65.8 Å². The molecular formula is C104H143Cl6N11O24Si2. The van der Waals surface area contributed by atoms with E-state index in [0.717, 1.165) is 82.1 Å². The van der Waals surface area contributed by atoms with Crippen LogP contribution in [0.2, 0.25) is 36.3 Å². The molecule has 5 amide bonds. The van der Waals surface area contributed by atoms with Gasteiger partial charge in [0.2, 0.25) is 13.5 Å². The zero-order valence-corrected chi connectivity index (χ0v) is 94.7. The number of nitrogens with zero attached hydrogens (tertiary/aromatic N) is 6. The number of rotatable bonds is 31. The largest absolute Gasteiger partial charge is 0.460 e. The fourth-order valence-electron chi connectivity index (χ4n) is 15.9. The van der Waals surface area contributed by atoms with Gasteiger partial charge in [0, 0.05) is 53.9 Å². The number of ether oxygens (including phenoxy) is 6. The highest BCUT2D eigenvalue weighted by Gasteiger charge is 2.49. The third kappa shape index (κ3) is 37.0. The molecule has 4 fully saturated rings. The lowest BCUT2D eigenvalue weighted by molar-refractivity contribution is -0.385. The third-order valence-corrected chi connectivity index (χ3v) is 36.1. The predicted molar refractivity (Wildman–Crippen MR) is 571 cm³/mol. The fourth-order valence-corrected chi connectivity index (χ4v) is 19.0. The van der Waals surface area contributed by atoms with Crippen molar-refractivity contribution in [1.82, 2.24) is 46.8 Å². The summed E-state index contributed by atoms with van der Waals surface area (Å²) in [6.45, 7) is 47.4. The number of hydrogen-bond acceptors (Lipinski definition) is 28. The number of pyridine rings is 2. The Hall–Kier alpha value is -9.88. The number of esters is 5. The number of nitrogens with one attached hydrogen (secondary N) is 5. The van der Waals surface area contributed by atoms with Gasteiger partial charge in [0.25, 0.3) is 35.6 Å². The Kier molecular flexibility index (Phi) is 44.9. The van der Waals surface area contributed by atoms with Crippen LogP contribution in [0.4, 0.5) is 16.2 Å². The molecule has 4 aliphatic rings. The smallest absolute Gasteiger partial charge is 0.408 e. The molecule has 4 aromatic carbocycles. The number of halogens is 6. The summed E-state index contributed by atoms with van der Waals surface area (Å²) in [4.78, 5) is 169. The normalized spacial score (nSPS) is 19.6. The number of alkyl halides is 6. The molecule has 2 aliphatic heterocycles. The van der Waals surface area contributed by atoms with E-state index in [1.165, 1.54) is 55.1 Å². The van der Waals surface area contributed by atoms with Gasteiger partial charge < -0.3 is 58.3 Å². The number of aromatic nitrogens is 2. The molecule has 7 atom stereocenters. The maximum Gasteiger partial charge on any atom is 0.408 e. The Morgan fingerprint density at radius 2 is 0.959 bits per heavy atom. The first-order valence-electron chi connectivity index (χ1n) is 49.1. The van der Waals surface area contributed by atoms with Gasteiger partial charge in [-0.15, -0.1) is 0 Å². The average molecular weight is 2200 g/mol. The van der Waals surface area contributed by atoms with E-state index in [1.807, 2.05) is 107 Å². The topological polar surface area (TPSA) is 461 Å². The van der Waals surface area contributed by atoms with Crippen LogP contribution in [0.5, 0.6) is 0 Å². The SMILES string of the molecule is CC(C)[C@H](O)C(=O)N[C@@H](C)C(=O)N1CCC[C@@H](C(=O)OCC(Cl)(Cl)Cl)N1.CC(C)c1ccc2ccc(/C=C/C3(C(=O)O[C@H](C(=O)N[C@@H](C)C(=O)N4CCC[C@@H](C(=O)OCC(Cl)(Cl)Cl)N4)C(C)C)CCC(O[Si](C)(C)C(C)(C)C)CC3)cc2n1.C[C@@H](NC(=O)OC(C)(C)C)c1ccc2ccc(/C=C/C3(OC=O)CCC(O[Si](C)(C)C(C)(C)C)CC3)cc2n1.Cc1cccc([N+](=O)[O-])c1C(=O)OC(=O)c1c(C)cccc1[N+](=O)[O-]. The maximum absolute atomic E-state index is 14.5. The van der Waals surface area contributed by atoms with E-state index in [-0.39, 0.29) is 62.4 Å². The van der Waals surface area contributed by atoms with Crippen molar-refractivity contribution >= 4 is 198 Å². The van der Waals surface area contributed by atoms with E-state index in [0.29, 0.717) is 70.9 Å². The fraction of sp³-hybridized carbons (Fsp3) is 0.567. The highest BCUT2D eigenvalue weighted by molar-refractivity contribution is 6.74. The lowest BCUT2D eigenvalue weighted by Crippen LogP contribution is -2.60. The molecule has 808 valence electrons. The highest BCUT2D eigenvalue weighted by Crippen LogP contribution is 2.47. The molecule has 0 unspecified atom stereocenters. The summed E-state index contributed by atoms with van der Waals surface area (Å²) in [6, 6.07) is 24.3. The average Bonchev–Trinajstić information content (AvgIpc) is 0.785. The van der Waals surface area contributed by atoms with E-state index >= 15 is 0 Å². The molecular weight excluding hydrogens is 2060 g/mol. The second-order valence-electron chi connectivity index (χ2n) is 42.6. The minimum absolute atomic E-state index is 0.00925. The van der Waals surface area contributed by atoms with Crippen LogP contribution in [0.15, 0.2) is 109 Å². The highest BCUT2D eigenvalue weighted by atomic mass is 35.6. The second-order valence-corrected chi connectivity index (χ2v) is 57.1. The van der Waals surface area contributed by atoms with E-state index in [1.54, 1.807) is 34.6 Å². The van der Waals surface area contributed by atoms with E-state index < -0.39 is 177 Å². The van der Waals surface area contributed by atoms with Crippen LogP contribution in [-0.2, 0) is 75.6 Å². The number of benzene rings is 4. The van der Waals surface area contributed by atoms with E-state index in [2.05, 4.69) is 119 Å². The van der Waals surface area contributed by atoms with Crippen molar-refractivity contribution in [2.24, 2.45) is 17.3 Å². The minimum atomic E-state index is -2.06. The summed E-state index contributed by atoms with van der Waals surface area (Å²) in [5.41, 5.74) is 7.44. The molecule has 2 saturated heterocycles. The van der Waals surface area contributed by atoms with Crippen LogP contribution in [-0.4, -0.2) is 211 Å². The Morgan fingerprint density at radius 1 is 0.551 bits per heavy atom. The number of aryl methyl sites for hydroxylation is 2. The summed E-state index contributed by atoms with van der Waals surface area (Å²) < 4.78 is 41.8. The molecule has 147 heavy (non-hydrogen) atoms. The molecule has 0 bridgehead atoms. The van der Waals surface area contributed by atoms with Gasteiger partial charge in [0.05, 0.1) is 38.0 Å². The minimum Gasteiger partial charge on any atom is -0.460 e. The van der Waals surface area contributed by atoms with Gasteiger partial charge in [-0.2, -0.15) is 0 Å². The number of aliphatic hydroxyl groups excluding tert-OH is 1. The zero-order valence-electron chi connectivity index (χ0n) is 88.2. The van der Waals surface area contributed by atoms with Crippen LogP contribution in [0, 0.1) is 51.3 Å². The summed E-state index contributed by atoms with van der Waals surface area (Å²) in [5, 5.41) is 44.7. The molecule has 0 spiro atoms. The van der Waals surface area contributed by atoms with Crippen molar-refractivity contribution in [2.45, 2.75) is 331 Å². The zero-order chi connectivity index (χ0) is 110. The van der Waals surface area contributed by atoms with Crippen LogP contribution in [0.1, 0.15) is 268 Å². The molecule has 4 heterocycles. The first kappa shape index (κ1) is 124. The standard InChI is InChI=1S/C42H61Cl3N4O7Si.C31H46N2O5Si.C16H12N2O7.C15H24Cl3N3O5/c1-26(2)32-16-15-30-14-13-29(24-34(30)47-32)17-20-41(21-18-31(19-22-41)56-57(9,10)40(6,7)8)39(53)55-35(27(3)4)36(50)46-28(5)37(51)49-23-11-12-33(48-49)38(52)54-25-42(43,44)45;1-22(32-28(35)37-29(2,3)4)26-13-12-24-11-10-23(20-27(24)33-26)14-17-31(36-21-34)18-15-25(16-19-31)38-39(8,9)30(5,6)7;1-9-5-3-7-11(17(21)22)13(9)15(19)25-16(20)14-10(2)6-4-8-12(14)18(23)24;1-8(2)11(22)12(23)19-9(3)13(24)21-6-4-5-10(20-21)14(25)26-7-15(16,17)18/h13-17,20,24,26-28,31,33,35,48H,11-12,18-19,21-23,25H2,1-10H3,(H,46,50);10-14,17,20-22,25H,15-16,18-19H2,1-9H3,(H,32,35);3-8H,1-2H3;8-11,20,22H,4-7H2,1-3H3,(H,19,23)/b20-17+;17-14+;;/t28-,31?,33-,35-,41?;22-,25?,31?;;9-,10-,11-/m01.0/s1. The Labute approximate surface area is 892 Å². The molecule has 2 aromatic heterocycles. The van der Waals surface area contributed by atoms with Crippen LogP contribution >= 0.6 is 69.6 Å². The predicted octanol–water partition coefficient (Wildman–Crippen LogP) is 20.5. The molecule has 35 nitrogen and oxygen atoms in total. The molecule has 43 heteroatoms. The molecule has 6 aromatic rings.